The average molecular weight is 396 g/mol. The van der Waals surface area contributed by atoms with Crippen molar-refractivity contribution in [2.24, 2.45) is 5.41 Å². The van der Waals surface area contributed by atoms with Gasteiger partial charge >= 0.3 is 6.18 Å². The highest BCUT2D eigenvalue weighted by Gasteiger charge is 2.32. The Morgan fingerprint density at radius 3 is 2.18 bits per heavy atom. The van der Waals surface area contributed by atoms with Gasteiger partial charge in [0.2, 0.25) is 5.95 Å². The molecule has 0 fully saturated rings. The number of nitrogens with one attached hydrogen (secondary N) is 2. The van der Waals surface area contributed by atoms with E-state index in [4.69, 9.17) is 0 Å². The summed E-state index contributed by atoms with van der Waals surface area (Å²) in [6.07, 6.45) is -4.43. The first-order valence-corrected chi connectivity index (χ1v) is 8.56. The number of hydrogen-bond acceptors (Lipinski definition) is 4. The van der Waals surface area contributed by atoms with Gasteiger partial charge in [0.1, 0.15) is 5.69 Å². The van der Waals surface area contributed by atoms with Crippen molar-refractivity contribution < 1.29 is 18.0 Å². The number of H-pyrrole nitrogens is 1. The summed E-state index contributed by atoms with van der Waals surface area (Å²) < 4.78 is 38.4. The average Bonchev–Trinajstić information content (AvgIpc) is 2.57. The molecule has 6 nitrogen and oxygen atoms in total. The van der Waals surface area contributed by atoms with E-state index in [9.17, 15) is 22.8 Å². The highest BCUT2D eigenvalue weighted by atomic mass is 19.4. The third-order valence-electron chi connectivity index (χ3n) is 4.10. The second-order valence-electron chi connectivity index (χ2n) is 7.74. The second kappa shape index (κ2) is 7.65. The molecule has 28 heavy (non-hydrogen) atoms. The van der Waals surface area contributed by atoms with Gasteiger partial charge in [0.05, 0.1) is 11.6 Å². The van der Waals surface area contributed by atoms with Crippen LogP contribution in [0.25, 0.3) is 0 Å². The molecule has 0 aliphatic rings. The molecule has 1 atom stereocenters. The van der Waals surface area contributed by atoms with Crippen LogP contribution in [0.15, 0.2) is 35.1 Å². The molecule has 1 aromatic carbocycles. The number of anilines is 1. The molecule has 9 heteroatoms. The van der Waals surface area contributed by atoms with E-state index in [1.165, 1.54) is 12.1 Å². The van der Waals surface area contributed by atoms with Crippen molar-refractivity contribution in [3.63, 3.8) is 0 Å². The molecule has 2 aromatic rings. The third-order valence-corrected chi connectivity index (χ3v) is 4.10. The van der Waals surface area contributed by atoms with Gasteiger partial charge in [0, 0.05) is 20.2 Å². The molecule has 1 heterocycles. The van der Waals surface area contributed by atoms with Crippen molar-refractivity contribution in [1.29, 1.82) is 0 Å². The molecule has 2 N–H and O–H groups in total. The van der Waals surface area contributed by atoms with Crippen LogP contribution in [0, 0.1) is 5.41 Å². The van der Waals surface area contributed by atoms with Crippen molar-refractivity contribution in [2.75, 3.05) is 19.0 Å². The maximum atomic E-state index is 12.8. The number of alkyl halides is 3. The highest BCUT2D eigenvalue weighted by molar-refractivity contribution is 5.92. The van der Waals surface area contributed by atoms with E-state index in [2.05, 4.69) is 15.3 Å². The molecule has 0 saturated carbocycles. The standard InChI is InChI=1S/C19H23F3N4O2/c1-18(2,3)15(11-6-8-12(9-7-11)19(20,21)22)25-16(28)13-10-14(27)24-17(23-13)26(4)5/h6-10,15H,1-5H3,(H,25,28)(H,23,24,27)/t15-/m1/s1. The van der Waals surface area contributed by atoms with Crippen LogP contribution in [-0.2, 0) is 6.18 Å². The number of halogens is 3. The first-order chi connectivity index (χ1) is 12.8. The van der Waals surface area contributed by atoms with E-state index in [-0.39, 0.29) is 11.6 Å². The summed E-state index contributed by atoms with van der Waals surface area (Å²) in [4.78, 5) is 32.7. The van der Waals surface area contributed by atoms with Crippen LogP contribution < -0.4 is 15.8 Å². The molecule has 0 aliphatic heterocycles. The van der Waals surface area contributed by atoms with E-state index < -0.39 is 34.7 Å². The minimum absolute atomic E-state index is 0.0754. The Morgan fingerprint density at radius 1 is 1.14 bits per heavy atom. The normalized spacial score (nSPS) is 13.1. The molecular weight excluding hydrogens is 373 g/mol. The molecular formula is C19H23F3N4O2. The summed E-state index contributed by atoms with van der Waals surface area (Å²) in [5.74, 6) is -0.367. The molecule has 0 unspecified atom stereocenters. The molecule has 1 aromatic heterocycles. The number of aromatic amines is 1. The fourth-order valence-corrected chi connectivity index (χ4v) is 2.64. The molecule has 0 saturated heterocycles. The van der Waals surface area contributed by atoms with Gasteiger partial charge in [-0.2, -0.15) is 13.2 Å². The molecule has 2 rings (SSSR count). The van der Waals surface area contributed by atoms with Gasteiger partial charge in [0.25, 0.3) is 11.5 Å². The lowest BCUT2D eigenvalue weighted by molar-refractivity contribution is -0.137. The molecule has 0 bridgehead atoms. The van der Waals surface area contributed by atoms with Gasteiger partial charge in [-0.25, -0.2) is 4.98 Å². The van der Waals surface area contributed by atoms with Gasteiger partial charge in [-0.1, -0.05) is 32.9 Å². The Kier molecular flexibility index (Phi) is 5.86. The van der Waals surface area contributed by atoms with E-state index in [1.807, 2.05) is 20.8 Å². The van der Waals surface area contributed by atoms with Crippen molar-refractivity contribution in [3.8, 4) is 0 Å². The van der Waals surface area contributed by atoms with Gasteiger partial charge < -0.3 is 10.2 Å². The highest BCUT2D eigenvalue weighted by Crippen LogP contribution is 2.35. The Balaban J connectivity index is 2.36. The number of carbonyl (C=O) groups is 1. The quantitative estimate of drug-likeness (QED) is 0.831. The molecule has 1 amide bonds. The van der Waals surface area contributed by atoms with E-state index in [0.717, 1.165) is 18.2 Å². The summed E-state index contributed by atoms with van der Waals surface area (Å²) in [5, 5.41) is 2.79. The van der Waals surface area contributed by atoms with Crippen LogP contribution in [0.4, 0.5) is 19.1 Å². The first kappa shape index (κ1) is 21.5. The predicted molar refractivity (Wildman–Crippen MR) is 100 cm³/mol. The second-order valence-corrected chi connectivity index (χ2v) is 7.74. The Bertz CT molecular complexity index is 897. The topological polar surface area (TPSA) is 78.1 Å². The number of carbonyl (C=O) groups excluding carboxylic acids is 1. The zero-order valence-electron chi connectivity index (χ0n) is 16.3. The van der Waals surface area contributed by atoms with Crippen LogP contribution in [-0.4, -0.2) is 30.0 Å². The van der Waals surface area contributed by atoms with Crippen molar-refractivity contribution in [1.82, 2.24) is 15.3 Å². The van der Waals surface area contributed by atoms with Gasteiger partial charge in [-0.15, -0.1) is 0 Å². The first-order valence-electron chi connectivity index (χ1n) is 8.56. The Morgan fingerprint density at radius 2 is 1.71 bits per heavy atom. The van der Waals surface area contributed by atoms with Crippen LogP contribution in [0.5, 0.6) is 0 Å². The van der Waals surface area contributed by atoms with E-state index in [0.29, 0.717) is 5.56 Å². The lowest BCUT2D eigenvalue weighted by Crippen LogP contribution is -2.37. The monoisotopic (exact) mass is 396 g/mol. The SMILES string of the molecule is CN(C)c1nc(C(=O)N[C@H](c2ccc(C(F)(F)F)cc2)C(C)(C)C)cc(=O)[nH]1. The number of benzene rings is 1. The molecule has 152 valence electrons. The predicted octanol–water partition coefficient (Wildman–Crippen LogP) is 3.37. The van der Waals surface area contributed by atoms with E-state index in [1.54, 1.807) is 19.0 Å². The van der Waals surface area contributed by atoms with Crippen LogP contribution in [0.3, 0.4) is 0 Å². The molecule has 0 radical (unpaired) electrons. The zero-order valence-corrected chi connectivity index (χ0v) is 16.3. The summed E-state index contributed by atoms with van der Waals surface area (Å²) in [6.45, 7) is 5.56. The van der Waals surface area contributed by atoms with Crippen molar-refractivity contribution >= 4 is 11.9 Å². The summed E-state index contributed by atoms with van der Waals surface area (Å²) in [5.41, 5.74) is -1.30. The van der Waals surface area contributed by atoms with Gasteiger partial charge in [-0.05, 0) is 23.1 Å². The van der Waals surface area contributed by atoms with Gasteiger partial charge in [-0.3, -0.25) is 14.6 Å². The number of amides is 1. The minimum atomic E-state index is -4.43. The maximum absolute atomic E-state index is 12.8. The largest absolute Gasteiger partial charge is 0.416 e. The van der Waals surface area contributed by atoms with Gasteiger partial charge in [0.15, 0.2) is 0 Å². The fourth-order valence-electron chi connectivity index (χ4n) is 2.64. The maximum Gasteiger partial charge on any atom is 0.416 e. The van der Waals surface area contributed by atoms with Crippen molar-refractivity contribution in [3.05, 3.63) is 57.5 Å². The lowest BCUT2D eigenvalue weighted by atomic mass is 9.82. The molecule has 0 aliphatic carbocycles. The number of hydrogen-bond donors (Lipinski definition) is 2. The molecule has 0 spiro atoms. The van der Waals surface area contributed by atoms with Crippen molar-refractivity contribution in [2.45, 2.75) is 33.0 Å². The number of rotatable bonds is 4. The summed E-state index contributed by atoms with van der Waals surface area (Å²) >= 11 is 0. The minimum Gasteiger partial charge on any atom is -0.348 e. The van der Waals surface area contributed by atoms with Crippen LogP contribution >= 0.6 is 0 Å². The number of aromatic nitrogens is 2. The third kappa shape index (κ3) is 5.11. The smallest absolute Gasteiger partial charge is 0.348 e. The number of nitrogens with zero attached hydrogens (tertiary/aromatic N) is 2. The van der Waals surface area contributed by atoms with Crippen LogP contribution in [0.1, 0.15) is 48.4 Å². The zero-order chi connectivity index (χ0) is 21.3. The summed E-state index contributed by atoms with van der Waals surface area (Å²) in [6, 6.07) is 5.14. The Labute approximate surface area is 160 Å². The van der Waals surface area contributed by atoms with Crippen LogP contribution in [0.2, 0.25) is 0 Å². The summed E-state index contributed by atoms with van der Waals surface area (Å²) in [7, 11) is 3.33. The Hall–Kier alpha value is -2.84. The van der Waals surface area contributed by atoms with E-state index >= 15 is 0 Å². The lowest BCUT2D eigenvalue weighted by Gasteiger charge is -2.32. The fraction of sp³-hybridized carbons (Fsp3) is 0.421.